The molecular formula is C15H23N5O2S. The molecule has 1 aliphatic heterocycles. The van der Waals surface area contributed by atoms with Gasteiger partial charge in [0.25, 0.3) is 0 Å². The average Bonchev–Trinajstić information content (AvgIpc) is 3.18. The molecule has 126 valence electrons. The fourth-order valence-electron chi connectivity index (χ4n) is 2.60. The number of hydrogen-bond donors (Lipinski definition) is 1. The van der Waals surface area contributed by atoms with Gasteiger partial charge in [0.05, 0.1) is 26.4 Å². The molecule has 0 amide bonds. The number of aliphatic hydroxyl groups is 1. The molecule has 7 nitrogen and oxygen atoms in total. The van der Waals surface area contributed by atoms with Crippen LogP contribution in [0.4, 0.5) is 5.13 Å². The molecule has 0 aliphatic carbocycles. The van der Waals surface area contributed by atoms with Crippen LogP contribution in [0.2, 0.25) is 0 Å². The standard InChI is InChI=1S/C15H23N5O2S/c1-18-3-2-16-14(18)12-19(4-7-21)11-13-10-17-15(23-13)20-5-8-22-9-6-20/h2-3,10,21H,4-9,11-12H2,1H3. The van der Waals surface area contributed by atoms with E-state index in [-0.39, 0.29) is 6.61 Å². The zero-order valence-corrected chi connectivity index (χ0v) is 14.2. The summed E-state index contributed by atoms with van der Waals surface area (Å²) in [5.74, 6) is 0.997. The minimum absolute atomic E-state index is 0.138. The van der Waals surface area contributed by atoms with Crippen molar-refractivity contribution in [3.8, 4) is 0 Å². The van der Waals surface area contributed by atoms with E-state index in [1.807, 2.05) is 24.0 Å². The molecule has 1 aliphatic rings. The predicted octanol–water partition coefficient (Wildman–Crippen LogP) is 0.708. The smallest absolute Gasteiger partial charge is 0.185 e. The molecule has 3 heterocycles. The summed E-state index contributed by atoms with van der Waals surface area (Å²) in [6.45, 7) is 5.60. The SMILES string of the molecule is Cn1ccnc1CN(CCO)Cc1cnc(N2CCOCC2)s1. The van der Waals surface area contributed by atoms with Gasteiger partial charge < -0.3 is 19.3 Å². The lowest BCUT2D eigenvalue weighted by molar-refractivity contribution is 0.122. The summed E-state index contributed by atoms with van der Waals surface area (Å²) in [7, 11) is 1.99. The van der Waals surface area contributed by atoms with Crippen molar-refractivity contribution in [2.24, 2.45) is 7.05 Å². The summed E-state index contributed by atoms with van der Waals surface area (Å²) < 4.78 is 7.39. The van der Waals surface area contributed by atoms with Crippen LogP contribution in [0.1, 0.15) is 10.7 Å². The maximum atomic E-state index is 9.32. The molecule has 8 heteroatoms. The van der Waals surface area contributed by atoms with Gasteiger partial charge in [-0.3, -0.25) is 4.90 Å². The highest BCUT2D eigenvalue weighted by molar-refractivity contribution is 7.15. The van der Waals surface area contributed by atoms with Gasteiger partial charge in [0.2, 0.25) is 0 Å². The molecule has 2 aromatic rings. The van der Waals surface area contributed by atoms with Gasteiger partial charge in [0, 0.05) is 56.7 Å². The van der Waals surface area contributed by atoms with Crippen LogP contribution in [-0.2, 0) is 24.9 Å². The second kappa shape index (κ2) is 7.87. The van der Waals surface area contributed by atoms with E-state index in [0.717, 1.165) is 50.3 Å². The molecule has 3 rings (SSSR count). The minimum Gasteiger partial charge on any atom is -0.395 e. The Morgan fingerprint density at radius 3 is 2.83 bits per heavy atom. The van der Waals surface area contributed by atoms with Gasteiger partial charge in [-0.05, 0) is 0 Å². The highest BCUT2D eigenvalue weighted by Gasteiger charge is 2.16. The third-order valence-electron chi connectivity index (χ3n) is 3.90. The van der Waals surface area contributed by atoms with Crippen molar-refractivity contribution < 1.29 is 9.84 Å². The molecule has 0 spiro atoms. The fraction of sp³-hybridized carbons (Fsp3) is 0.600. The molecule has 0 unspecified atom stereocenters. The number of imidazole rings is 1. The van der Waals surface area contributed by atoms with Crippen molar-refractivity contribution in [2.45, 2.75) is 13.1 Å². The lowest BCUT2D eigenvalue weighted by atomic mass is 10.4. The predicted molar refractivity (Wildman–Crippen MR) is 89.6 cm³/mol. The van der Waals surface area contributed by atoms with Crippen molar-refractivity contribution in [1.82, 2.24) is 19.4 Å². The van der Waals surface area contributed by atoms with E-state index < -0.39 is 0 Å². The number of aliphatic hydroxyl groups excluding tert-OH is 1. The number of hydrogen-bond acceptors (Lipinski definition) is 7. The molecule has 1 fully saturated rings. The van der Waals surface area contributed by atoms with E-state index in [1.165, 1.54) is 4.88 Å². The van der Waals surface area contributed by atoms with Gasteiger partial charge in [-0.15, -0.1) is 11.3 Å². The van der Waals surface area contributed by atoms with E-state index in [1.54, 1.807) is 17.5 Å². The van der Waals surface area contributed by atoms with E-state index in [2.05, 4.69) is 19.8 Å². The Hall–Kier alpha value is -1.48. The van der Waals surface area contributed by atoms with Gasteiger partial charge in [-0.1, -0.05) is 0 Å². The first-order chi connectivity index (χ1) is 11.3. The van der Waals surface area contributed by atoms with E-state index in [0.29, 0.717) is 6.54 Å². The number of rotatable bonds is 7. The van der Waals surface area contributed by atoms with Gasteiger partial charge in [-0.2, -0.15) is 0 Å². The van der Waals surface area contributed by atoms with Crippen LogP contribution in [0.3, 0.4) is 0 Å². The van der Waals surface area contributed by atoms with Crippen LogP contribution >= 0.6 is 11.3 Å². The van der Waals surface area contributed by atoms with E-state index >= 15 is 0 Å². The van der Waals surface area contributed by atoms with Crippen LogP contribution in [0, 0.1) is 0 Å². The van der Waals surface area contributed by atoms with Crippen LogP contribution in [0.15, 0.2) is 18.6 Å². The van der Waals surface area contributed by atoms with Crippen molar-refractivity contribution in [2.75, 3.05) is 44.4 Å². The molecule has 0 aromatic carbocycles. The quantitative estimate of drug-likeness (QED) is 0.803. The van der Waals surface area contributed by atoms with Crippen LogP contribution in [0.5, 0.6) is 0 Å². The Kier molecular flexibility index (Phi) is 5.60. The van der Waals surface area contributed by atoms with Crippen molar-refractivity contribution in [1.29, 1.82) is 0 Å². The van der Waals surface area contributed by atoms with Gasteiger partial charge in [-0.25, -0.2) is 9.97 Å². The highest BCUT2D eigenvalue weighted by atomic mass is 32.1. The first kappa shape index (κ1) is 16.4. The zero-order valence-electron chi connectivity index (χ0n) is 13.4. The molecule has 0 bridgehead atoms. The number of anilines is 1. The third kappa shape index (κ3) is 4.29. The summed E-state index contributed by atoms with van der Waals surface area (Å²) in [4.78, 5) is 14.6. The minimum atomic E-state index is 0.138. The topological polar surface area (TPSA) is 66.7 Å². The molecule has 1 saturated heterocycles. The summed E-state index contributed by atoms with van der Waals surface area (Å²) in [6, 6.07) is 0. The number of aryl methyl sites for hydroxylation is 1. The molecule has 0 saturated carbocycles. The summed E-state index contributed by atoms with van der Waals surface area (Å²) >= 11 is 1.72. The second-order valence-electron chi connectivity index (χ2n) is 5.60. The fourth-order valence-corrected chi connectivity index (χ4v) is 3.60. The summed E-state index contributed by atoms with van der Waals surface area (Å²) in [6.07, 6.45) is 5.68. The summed E-state index contributed by atoms with van der Waals surface area (Å²) in [5.41, 5.74) is 0. The maximum Gasteiger partial charge on any atom is 0.185 e. The van der Waals surface area contributed by atoms with Gasteiger partial charge >= 0.3 is 0 Å². The van der Waals surface area contributed by atoms with Crippen LogP contribution in [0.25, 0.3) is 0 Å². The lowest BCUT2D eigenvalue weighted by Gasteiger charge is -2.26. The average molecular weight is 337 g/mol. The van der Waals surface area contributed by atoms with Crippen molar-refractivity contribution in [3.63, 3.8) is 0 Å². The largest absolute Gasteiger partial charge is 0.395 e. The van der Waals surface area contributed by atoms with E-state index in [9.17, 15) is 5.11 Å². The van der Waals surface area contributed by atoms with Crippen LogP contribution < -0.4 is 4.90 Å². The third-order valence-corrected chi connectivity index (χ3v) is 4.95. The van der Waals surface area contributed by atoms with Gasteiger partial charge in [0.1, 0.15) is 5.82 Å². The number of nitrogens with zero attached hydrogens (tertiary/aromatic N) is 5. The molecule has 0 radical (unpaired) electrons. The van der Waals surface area contributed by atoms with Gasteiger partial charge in [0.15, 0.2) is 5.13 Å². The number of ether oxygens (including phenoxy) is 1. The lowest BCUT2D eigenvalue weighted by Crippen LogP contribution is -2.36. The van der Waals surface area contributed by atoms with Crippen molar-refractivity contribution in [3.05, 3.63) is 29.3 Å². The van der Waals surface area contributed by atoms with Crippen molar-refractivity contribution >= 4 is 16.5 Å². The Morgan fingerprint density at radius 1 is 1.30 bits per heavy atom. The molecular weight excluding hydrogens is 314 g/mol. The Bertz CT molecular complexity index is 609. The summed E-state index contributed by atoms with van der Waals surface area (Å²) in [5, 5.41) is 10.4. The molecule has 23 heavy (non-hydrogen) atoms. The second-order valence-corrected chi connectivity index (χ2v) is 6.69. The normalized spacial score (nSPS) is 15.5. The Morgan fingerprint density at radius 2 is 2.13 bits per heavy atom. The number of aromatic nitrogens is 3. The molecule has 2 aromatic heterocycles. The Balaban J connectivity index is 1.63. The highest BCUT2D eigenvalue weighted by Crippen LogP contribution is 2.24. The number of thiazole rings is 1. The maximum absolute atomic E-state index is 9.32. The Labute approximate surface area is 140 Å². The monoisotopic (exact) mass is 337 g/mol. The molecule has 1 N–H and O–H groups in total. The van der Waals surface area contributed by atoms with E-state index in [4.69, 9.17) is 4.74 Å². The molecule has 0 atom stereocenters. The number of morpholine rings is 1. The zero-order chi connectivity index (χ0) is 16.1. The first-order valence-corrected chi connectivity index (χ1v) is 8.64. The van der Waals surface area contributed by atoms with Crippen LogP contribution in [-0.4, -0.2) is 64.0 Å². The first-order valence-electron chi connectivity index (χ1n) is 7.83.